The van der Waals surface area contributed by atoms with Crippen LogP contribution < -0.4 is 0 Å². The van der Waals surface area contributed by atoms with Crippen LogP contribution in [-0.2, 0) is 9.53 Å². The molecule has 27 heavy (non-hydrogen) atoms. The second-order valence-electron chi connectivity index (χ2n) is 10.8. The molecule has 7 atom stereocenters. The van der Waals surface area contributed by atoms with Crippen LogP contribution in [0.15, 0.2) is 0 Å². The van der Waals surface area contributed by atoms with Crippen molar-refractivity contribution < 1.29 is 9.53 Å². The fourth-order valence-corrected chi connectivity index (χ4v) is 8.89. The summed E-state index contributed by atoms with van der Waals surface area (Å²) in [5.74, 6) is 2.42. The number of rotatable bonds is 0. The number of hydrogen-bond donors (Lipinski definition) is 0. The van der Waals surface area contributed by atoms with Crippen LogP contribution in [0.2, 0.25) is 0 Å². The summed E-state index contributed by atoms with van der Waals surface area (Å²) in [5, 5.41) is 0. The fraction of sp³-hybridized carbons (Fsp3) is 0.913. The minimum absolute atomic E-state index is 0.0586. The molecular formula is C23H35NO2S. The van der Waals surface area contributed by atoms with Crippen LogP contribution in [0.3, 0.4) is 0 Å². The van der Waals surface area contributed by atoms with E-state index in [0.29, 0.717) is 17.9 Å². The Labute approximate surface area is 169 Å². The number of ether oxygens (including phenoxy) is 1. The molecule has 3 aliphatic carbocycles. The third kappa shape index (κ3) is 2.31. The van der Waals surface area contributed by atoms with Gasteiger partial charge in [0.15, 0.2) is 0 Å². The van der Waals surface area contributed by atoms with Gasteiger partial charge in [-0.1, -0.05) is 26.1 Å². The Morgan fingerprint density at radius 2 is 1.78 bits per heavy atom. The average Bonchev–Trinajstić information content (AvgIpc) is 2.91. The van der Waals surface area contributed by atoms with E-state index in [1.54, 1.807) is 0 Å². The van der Waals surface area contributed by atoms with E-state index in [1.807, 2.05) is 0 Å². The van der Waals surface area contributed by atoms with Crippen LogP contribution in [0, 0.1) is 28.6 Å². The van der Waals surface area contributed by atoms with E-state index < -0.39 is 0 Å². The van der Waals surface area contributed by atoms with E-state index in [9.17, 15) is 4.79 Å². The van der Waals surface area contributed by atoms with Crippen molar-refractivity contribution in [1.82, 2.24) is 4.90 Å². The number of esters is 1. The molecule has 4 heteroatoms. The summed E-state index contributed by atoms with van der Waals surface area (Å²) in [5.41, 5.74) is 0.449. The van der Waals surface area contributed by atoms with Crippen molar-refractivity contribution >= 4 is 23.2 Å². The van der Waals surface area contributed by atoms with Crippen molar-refractivity contribution in [3.63, 3.8) is 0 Å². The molecule has 0 aromatic rings. The molecule has 0 amide bonds. The standard InChI is InChI=1S/C23H35NO2S/c1-21-12-10-19(27)24(3)18(21)7-6-15-16(21)8-13-22(2)17(15)9-14-23(22)11-4-5-20(25)26-23/h15-18H,4-14H2,1-3H3/t15-,16+,17+,18-,21-,22+,23+/m1/s1. The molecule has 0 radical (unpaired) electrons. The lowest BCUT2D eigenvalue weighted by molar-refractivity contribution is -0.198. The van der Waals surface area contributed by atoms with Crippen LogP contribution >= 0.6 is 12.2 Å². The molecular weight excluding hydrogens is 354 g/mol. The Bertz CT molecular complexity index is 679. The largest absolute Gasteiger partial charge is 0.458 e. The lowest BCUT2D eigenvalue weighted by Crippen LogP contribution is -2.62. The van der Waals surface area contributed by atoms with Gasteiger partial charge >= 0.3 is 5.97 Å². The first-order valence-electron chi connectivity index (χ1n) is 11.3. The van der Waals surface area contributed by atoms with Gasteiger partial charge in [-0.25, -0.2) is 0 Å². The smallest absolute Gasteiger partial charge is 0.306 e. The predicted molar refractivity (Wildman–Crippen MR) is 110 cm³/mol. The van der Waals surface area contributed by atoms with E-state index >= 15 is 0 Å². The average molecular weight is 390 g/mol. The van der Waals surface area contributed by atoms with Crippen molar-refractivity contribution in [2.45, 2.75) is 96.1 Å². The first-order valence-corrected chi connectivity index (χ1v) is 11.7. The molecule has 3 nitrogen and oxygen atoms in total. The molecule has 5 rings (SSSR count). The van der Waals surface area contributed by atoms with Crippen molar-refractivity contribution in [3.05, 3.63) is 0 Å². The Morgan fingerprint density at radius 1 is 1.00 bits per heavy atom. The molecule has 2 saturated heterocycles. The highest BCUT2D eigenvalue weighted by Crippen LogP contribution is 2.69. The molecule has 2 heterocycles. The van der Waals surface area contributed by atoms with Gasteiger partial charge in [0.05, 0.1) is 4.99 Å². The van der Waals surface area contributed by atoms with E-state index in [0.717, 1.165) is 43.4 Å². The molecule has 5 aliphatic rings. The molecule has 3 saturated carbocycles. The van der Waals surface area contributed by atoms with Gasteiger partial charge in [-0.15, -0.1) is 0 Å². The molecule has 150 valence electrons. The van der Waals surface area contributed by atoms with Crippen LogP contribution in [0.5, 0.6) is 0 Å². The van der Waals surface area contributed by atoms with Gasteiger partial charge in [0.2, 0.25) is 0 Å². The number of fused-ring (bicyclic) bond motifs is 6. The molecule has 0 aromatic heterocycles. The number of carbonyl (C=O) groups excluding carboxylic acids is 1. The summed E-state index contributed by atoms with van der Waals surface area (Å²) < 4.78 is 6.19. The highest BCUT2D eigenvalue weighted by Gasteiger charge is 2.66. The lowest BCUT2D eigenvalue weighted by atomic mass is 9.46. The van der Waals surface area contributed by atoms with Crippen LogP contribution in [0.4, 0.5) is 0 Å². The summed E-state index contributed by atoms with van der Waals surface area (Å²) in [4.78, 5) is 15.8. The molecule has 5 fully saturated rings. The summed E-state index contributed by atoms with van der Waals surface area (Å²) in [6.45, 7) is 5.05. The summed E-state index contributed by atoms with van der Waals surface area (Å²) in [6.07, 6.45) is 12.6. The van der Waals surface area contributed by atoms with Gasteiger partial charge < -0.3 is 9.64 Å². The maximum Gasteiger partial charge on any atom is 0.306 e. The molecule has 0 bridgehead atoms. The normalized spacial score (nSPS) is 52.2. The summed E-state index contributed by atoms with van der Waals surface area (Å²) in [6, 6.07) is 0.632. The lowest BCUT2D eigenvalue weighted by Gasteiger charge is -2.63. The Morgan fingerprint density at radius 3 is 2.56 bits per heavy atom. The number of piperidine rings is 1. The number of nitrogens with zero attached hydrogens (tertiary/aromatic N) is 1. The minimum atomic E-state index is -0.152. The van der Waals surface area contributed by atoms with E-state index in [1.165, 1.54) is 43.5 Å². The fourth-order valence-electron chi connectivity index (χ4n) is 8.66. The van der Waals surface area contributed by atoms with Gasteiger partial charge in [-0.05, 0) is 87.4 Å². The Kier molecular flexibility index (Phi) is 4.04. The number of carbonyl (C=O) groups is 1. The maximum atomic E-state index is 12.2. The van der Waals surface area contributed by atoms with Gasteiger partial charge in [0.25, 0.3) is 0 Å². The highest BCUT2D eigenvalue weighted by atomic mass is 32.1. The highest BCUT2D eigenvalue weighted by molar-refractivity contribution is 7.80. The summed E-state index contributed by atoms with van der Waals surface area (Å²) >= 11 is 5.66. The SMILES string of the molecule is CN1C(=S)CC[C@]2(C)[C@H]3CC[C@@]4(C)[C@@H](CC[C@@]45CCCC(=O)O5)[C@@H]3CC[C@@H]12. The van der Waals surface area contributed by atoms with Crippen LogP contribution in [0.1, 0.15) is 84.5 Å². The predicted octanol–water partition coefficient (Wildman–Crippen LogP) is 5.12. The third-order valence-electron chi connectivity index (χ3n) is 10.1. The van der Waals surface area contributed by atoms with E-state index in [2.05, 4.69) is 25.8 Å². The quantitative estimate of drug-likeness (QED) is 0.425. The Balaban J connectivity index is 1.46. The van der Waals surface area contributed by atoms with Crippen molar-refractivity contribution in [2.24, 2.45) is 28.6 Å². The topological polar surface area (TPSA) is 29.5 Å². The first kappa shape index (κ1) is 18.4. The van der Waals surface area contributed by atoms with Crippen molar-refractivity contribution in [2.75, 3.05) is 7.05 Å². The second kappa shape index (κ2) is 5.93. The second-order valence-corrected chi connectivity index (χ2v) is 11.3. The maximum absolute atomic E-state index is 12.2. The number of hydrogen-bond acceptors (Lipinski definition) is 3. The minimum Gasteiger partial charge on any atom is -0.458 e. The van der Waals surface area contributed by atoms with Gasteiger partial charge in [0, 0.05) is 24.9 Å². The molecule has 0 N–H and O–H groups in total. The van der Waals surface area contributed by atoms with Crippen LogP contribution in [0.25, 0.3) is 0 Å². The van der Waals surface area contributed by atoms with Gasteiger partial charge in [-0.3, -0.25) is 4.79 Å². The molecule has 1 spiro atoms. The zero-order valence-corrected chi connectivity index (χ0v) is 18.1. The number of thiocarbonyl (C=S) groups is 1. The summed E-state index contributed by atoms with van der Waals surface area (Å²) in [7, 11) is 2.24. The van der Waals surface area contributed by atoms with Crippen molar-refractivity contribution in [1.29, 1.82) is 0 Å². The van der Waals surface area contributed by atoms with Gasteiger partial charge in [0.1, 0.15) is 5.60 Å². The van der Waals surface area contributed by atoms with Gasteiger partial charge in [-0.2, -0.15) is 0 Å². The number of likely N-dealkylation sites (tertiary alicyclic amines) is 1. The van der Waals surface area contributed by atoms with E-state index in [4.69, 9.17) is 17.0 Å². The Hall–Kier alpha value is -0.640. The first-order chi connectivity index (χ1) is 12.8. The molecule has 0 unspecified atom stereocenters. The van der Waals surface area contributed by atoms with Crippen LogP contribution in [-0.4, -0.2) is 34.5 Å². The van der Waals surface area contributed by atoms with E-state index in [-0.39, 0.29) is 17.0 Å². The molecule has 2 aliphatic heterocycles. The van der Waals surface area contributed by atoms with Crippen molar-refractivity contribution in [3.8, 4) is 0 Å². The monoisotopic (exact) mass is 389 g/mol. The third-order valence-corrected chi connectivity index (χ3v) is 10.6. The zero-order valence-electron chi connectivity index (χ0n) is 17.3. The zero-order chi connectivity index (χ0) is 19.0. The molecule has 0 aromatic carbocycles.